The molecule has 0 saturated heterocycles. The molecule has 0 fully saturated rings. The molecule has 4 heteroatoms. The van der Waals surface area contributed by atoms with Crippen molar-refractivity contribution in [2.45, 2.75) is 6.42 Å². The molecule has 0 saturated carbocycles. The third-order valence-electron chi connectivity index (χ3n) is 4.23. The minimum absolute atomic E-state index is 0.00724. The number of methoxy groups -OCH3 is 1. The second-order valence-electron chi connectivity index (χ2n) is 6.13. The van der Waals surface area contributed by atoms with Gasteiger partial charge in [-0.25, -0.2) is 0 Å². The van der Waals surface area contributed by atoms with Gasteiger partial charge in [-0.1, -0.05) is 54.6 Å². The lowest BCUT2D eigenvalue weighted by molar-refractivity contribution is -0.123. The predicted molar refractivity (Wildman–Crippen MR) is 107 cm³/mol. The quantitative estimate of drug-likeness (QED) is 0.657. The van der Waals surface area contributed by atoms with E-state index in [4.69, 9.17) is 9.47 Å². The fraction of sp³-hybridized carbons (Fsp3) is 0.174. The molecule has 0 unspecified atom stereocenters. The standard InChI is InChI=1S/C23H23NO3/c1-26-21-11-7-18(8-12-21)15-16-24-23(25)17-27-22-13-9-20(10-14-22)19-5-3-2-4-6-19/h2-14H,15-17H2,1H3,(H,24,25). The Labute approximate surface area is 159 Å². The summed E-state index contributed by atoms with van der Waals surface area (Å²) in [5.74, 6) is 1.38. The second kappa shape index (κ2) is 9.43. The number of rotatable bonds is 8. The largest absolute Gasteiger partial charge is 0.497 e. The van der Waals surface area contributed by atoms with Gasteiger partial charge in [0.15, 0.2) is 6.61 Å². The van der Waals surface area contributed by atoms with Crippen molar-refractivity contribution in [2.75, 3.05) is 20.3 Å². The number of carbonyl (C=O) groups excluding carboxylic acids is 1. The number of nitrogens with one attached hydrogen (secondary N) is 1. The van der Waals surface area contributed by atoms with Crippen LogP contribution in [0.15, 0.2) is 78.9 Å². The van der Waals surface area contributed by atoms with E-state index in [1.807, 2.05) is 66.7 Å². The predicted octanol–water partition coefficient (Wildman–Crippen LogP) is 4.10. The fourth-order valence-electron chi connectivity index (χ4n) is 2.71. The van der Waals surface area contributed by atoms with Gasteiger partial charge < -0.3 is 14.8 Å². The van der Waals surface area contributed by atoms with E-state index >= 15 is 0 Å². The number of benzene rings is 3. The summed E-state index contributed by atoms with van der Waals surface area (Å²) in [6, 6.07) is 25.7. The van der Waals surface area contributed by atoms with E-state index in [-0.39, 0.29) is 12.5 Å². The van der Waals surface area contributed by atoms with Crippen LogP contribution in [0.3, 0.4) is 0 Å². The molecule has 3 aromatic rings. The number of amides is 1. The summed E-state index contributed by atoms with van der Waals surface area (Å²) >= 11 is 0. The number of carbonyl (C=O) groups is 1. The van der Waals surface area contributed by atoms with Gasteiger partial charge in [0.05, 0.1) is 7.11 Å². The number of hydrogen-bond acceptors (Lipinski definition) is 3. The highest BCUT2D eigenvalue weighted by molar-refractivity contribution is 5.77. The van der Waals surface area contributed by atoms with Crippen molar-refractivity contribution in [1.82, 2.24) is 5.32 Å². The first-order chi connectivity index (χ1) is 13.2. The van der Waals surface area contributed by atoms with E-state index < -0.39 is 0 Å². The Bertz CT molecular complexity index is 843. The Morgan fingerprint density at radius 3 is 2.11 bits per heavy atom. The molecule has 138 valence electrons. The third kappa shape index (κ3) is 5.61. The molecule has 1 N–H and O–H groups in total. The molecule has 3 aromatic carbocycles. The van der Waals surface area contributed by atoms with Crippen LogP contribution >= 0.6 is 0 Å². The van der Waals surface area contributed by atoms with Gasteiger partial charge in [-0.2, -0.15) is 0 Å². The van der Waals surface area contributed by atoms with Crippen LogP contribution in [0.25, 0.3) is 11.1 Å². The van der Waals surface area contributed by atoms with Gasteiger partial charge in [-0.3, -0.25) is 4.79 Å². The van der Waals surface area contributed by atoms with Crippen molar-refractivity contribution in [2.24, 2.45) is 0 Å². The third-order valence-corrected chi connectivity index (χ3v) is 4.23. The fourth-order valence-corrected chi connectivity index (χ4v) is 2.71. The highest BCUT2D eigenvalue weighted by atomic mass is 16.5. The maximum Gasteiger partial charge on any atom is 0.257 e. The summed E-state index contributed by atoms with van der Waals surface area (Å²) in [6.07, 6.45) is 0.765. The first kappa shape index (κ1) is 18.5. The van der Waals surface area contributed by atoms with E-state index in [1.54, 1.807) is 7.11 Å². The van der Waals surface area contributed by atoms with E-state index in [1.165, 1.54) is 0 Å². The van der Waals surface area contributed by atoms with Crippen LogP contribution in [0, 0.1) is 0 Å². The van der Waals surface area contributed by atoms with Crippen molar-refractivity contribution in [3.8, 4) is 22.6 Å². The number of ether oxygens (including phenoxy) is 2. The van der Waals surface area contributed by atoms with Crippen LogP contribution in [0.5, 0.6) is 11.5 Å². The maximum atomic E-state index is 11.9. The Kier molecular flexibility index (Phi) is 6.47. The minimum Gasteiger partial charge on any atom is -0.497 e. The Morgan fingerprint density at radius 1 is 0.815 bits per heavy atom. The van der Waals surface area contributed by atoms with Crippen LogP contribution in [-0.4, -0.2) is 26.2 Å². The molecular weight excluding hydrogens is 338 g/mol. The molecule has 0 aliphatic carbocycles. The molecule has 0 atom stereocenters. The van der Waals surface area contributed by atoms with Crippen molar-refractivity contribution >= 4 is 5.91 Å². The topological polar surface area (TPSA) is 47.6 Å². The summed E-state index contributed by atoms with van der Waals surface area (Å²) in [4.78, 5) is 11.9. The molecule has 0 spiro atoms. The molecule has 0 aliphatic heterocycles. The molecule has 27 heavy (non-hydrogen) atoms. The average molecular weight is 361 g/mol. The van der Waals surface area contributed by atoms with Crippen LogP contribution < -0.4 is 14.8 Å². The zero-order chi connectivity index (χ0) is 18.9. The molecular formula is C23H23NO3. The van der Waals surface area contributed by atoms with Crippen LogP contribution in [-0.2, 0) is 11.2 Å². The van der Waals surface area contributed by atoms with Gasteiger partial charge in [0.2, 0.25) is 0 Å². The second-order valence-corrected chi connectivity index (χ2v) is 6.13. The van der Waals surface area contributed by atoms with E-state index in [2.05, 4.69) is 17.4 Å². The van der Waals surface area contributed by atoms with Gasteiger partial charge in [-0.05, 0) is 47.4 Å². The highest BCUT2D eigenvalue weighted by Crippen LogP contribution is 2.21. The highest BCUT2D eigenvalue weighted by Gasteiger charge is 2.04. The number of hydrogen-bond donors (Lipinski definition) is 1. The van der Waals surface area contributed by atoms with E-state index in [0.717, 1.165) is 28.9 Å². The molecule has 3 rings (SSSR count). The molecule has 0 aliphatic rings. The zero-order valence-electron chi connectivity index (χ0n) is 15.4. The van der Waals surface area contributed by atoms with Crippen molar-refractivity contribution in [3.63, 3.8) is 0 Å². The zero-order valence-corrected chi connectivity index (χ0v) is 15.4. The Balaban J connectivity index is 1.41. The summed E-state index contributed by atoms with van der Waals surface area (Å²) in [7, 11) is 1.64. The van der Waals surface area contributed by atoms with Crippen LogP contribution in [0.2, 0.25) is 0 Å². The lowest BCUT2D eigenvalue weighted by atomic mass is 10.1. The molecule has 4 nitrogen and oxygen atoms in total. The maximum absolute atomic E-state index is 11.9. The Hall–Kier alpha value is -3.27. The molecule has 1 amide bonds. The summed E-state index contributed by atoms with van der Waals surface area (Å²) in [5.41, 5.74) is 3.42. The molecule has 0 radical (unpaired) electrons. The van der Waals surface area contributed by atoms with Crippen LogP contribution in [0.4, 0.5) is 0 Å². The molecule has 0 heterocycles. The summed E-state index contributed by atoms with van der Waals surface area (Å²) < 4.78 is 10.7. The van der Waals surface area contributed by atoms with E-state index in [0.29, 0.717) is 12.3 Å². The first-order valence-corrected chi connectivity index (χ1v) is 8.92. The Morgan fingerprint density at radius 2 is 1.44 bits per heavy atom. The van der Waals surface area contributed by atoms with Crippen molar-refractivity contribution < 1.29 is 14.3 Å². The molecule has 0 aromatic heterocycles. The van der Waals surface area contributed by atoms with Gasteiger partial charge in [0.25, 0.3) is 5.91 Å². The lowest BCUT2D eigenvalue weighted by Crippen LogP contribution is -2.30. The van der Waals surface area contributed by atoms with Crippen molar-refractivity contribution in [1.29, 1.82) is 0 Å². The van der Waals surface area contributed by atoms with Gasteiger partial charge in [-0.15, -0.1) is 0 Å². The van der Waals surface area contributed by atoms with Crippen LogP contribution in [0.1, 0.15) is 5.56 Å². The smallest absolute Gasteiger partial charge is 0.257 e. The normalized spacial score (nSPS) is 10.3. The van der Waals surface area contributed by atoms with Gasteiger partial charge in [0, 0.05) is 6.54 Å². The van der Waals surface area contributed by atoms with Crippen molar-refractivity contribution in [3.05, 3.63) is 84.4 Å². The summed E-state index contributed by atoms with van der Waals surface area (Å²) in [5, 5.41) is 2.87. The molecule has 0 bridgehead atoms. The van der Waals surface area contributed by atoms with Gasteiger partial charge in [0.1, 0.15) is 11.5 Å². The lowest BCUT2D eigenvalue weighted by Gasteiger charge is -2.09. The average Bonchev–Trinajstić information content (AvgIpc) is 2.74. The SMILES string of the molecule is COc1ccc(CCNC(=O)COc2ccc(-c3ccccc3)cc2)cc1. The monoisotopic (exact) mass is 361 g/mol. The van der Waals surface area contributed by atoms with E-state index in [9.17, 15) is 4.79 Å². The first-order valence-electron chi connectivity index (χ1n) is 8.92. The summed E-state index contributed by atoms with van der Waals surface area (Å²) in [6.45, 7) is 0.578. The minimum atomic E-state index is -0.129. The van der Waals surface area contributed by atoms with Gasteiger partial charge >= 0.3 is 0 Å².